The molecule has 1 atom stereocenters. The Balaban J connectivity index is 2.23. The first kappa shape index (κ1) is 11.7. The largest absolute Gasteiger partial charge is 0.489 e. The van der Waals surface area contributed by atoms with E-state index in [-0.39, 0.29) is 6.10 Å². The van der Waals surface area contributed by atoms with Crippen molar-refractivity contribution in [2.24, 2.45) is 5.73 Å². The van der Waals surface area contributed by atoms with Crippen LogP contribution in [0.15, 0.2) is 54.6 Å². The van der Waals surface area contributed by atoms with Crippen LogP contribution in [0.25, 0.3) is 11.1 Å². The standard InChI is InChI=1S/C15H17NO/c1-12(11-16)17-15-9-5-8-14(10-15)13-6-3-2-4-7-13/h2-10,12H,11,16H2,1H3. The molecule has 0 spiro atoms. The van der Waals surface area contributed by atoms with Crippen LogP contribution in [0, 0.1) is 0 Å². The van der Waals surface area contributed by atoms with Gasteiger partial charge in [-0.2, -0.15) is 0 Å². The Morgan fingerprint density at radius 3 is 2.41 bits per heavy atom. The highest BCUT2D eigenvalue weighted by molar-refractivity contribution is 5.64. The maximum absolute atomic E-state index is 5.70. The van der Waals surface area contributed by atoms with Crippen LogP contribution in [0.5, 0.6) is 5.75 Å². The van der Waals surface area contributed by atoms with Gasteiger partial charge in [-0.05, 0) is 30.2 Å². The van der Waals surface area contributed by atoms with Gasteiger partial charge in [-0.1, -0.05) is 42.5 Å². The summed E-state index contributed by atoms with van der Waals surface area (Å²) < 4.78 is 5.70. The van der Waals surface area contributed by atoms with Gasteiger partial charge in [0.25, 0.3) is 0 Å². The van der Waals surface area contributed by atoms with E-state index in [4.69, 9.17) is 10.5 Å². The SMILES string of the molecule is CC(CN)Oc1cccc(-c2ccccc2)c1. The molecule has 0 aliphatic heterocycles. The molecule has 2 aromatic rings. The molecule has 17 heavy (non-hydrogen) atoms. The van der Waals surface area contributed by atoms with Crippen molar-refractivity contribution >= 4 is 0 Å². The maximum atomic E-state index is 5.70. The van der Waals surface area contributed by atoms with Crippen LogP contribution in [0.3, 0.4) is 0 Å². The summed E-state index contributed by atoms with van der Waals surface area (Å²) in [6.07, 6.45) is 0.0426. The summed E-state index contributed by atoms with van der Waals surface area (Å²) in [5, 5.41) is 0. The minimum Gasteiger partial charge on any atom is -0.489 e. The van der Waals surface area contributed by atoms with Crippen LogP contribution in [-0.4, -0.2) is 12.6 Å². The number of ether oxygens (including phenoxy) is 1. The van der Waals surface area contributed by atoms with E-state index in [0.29, 0.717) is 6.54 Å². The second-order valence-electron chi connectivity index (χ2n) is 4.06. The Bertz CT molecular complexity index is 467. The lowest BCUT2D eigenvalue weighted by Gasteiger charge is -2.13. The second kappa shape index (κ2) is 5.51. The van der Waals surface area contributed by atoms with Gasteiger partial charge in [-0.25, -0.2) is 0 Å². The van der Waals surface area contributed by atoms with Crippen LogP contribution >= 0.6 is 0 Å². The Hall–Kier alpha value is -1.80. The molecule has 0 saturated heterocycles. The molecular formula is C15H17NO. The number of hydrogen-bond acceptors (Lipinski definition) is 2. The van der Waals surface area contributed by atoms with Crippen molar-refractivity contribution in [3.8, 4) is 16.9 Å². The first-order chi connectivity index (χ1) is 8.29. The van der Waals surface area contributed by atoms with E-state index in [1.807, 2.05) is 43.3 Å². The van der Waals surface area contributed by atoms with Gasteiger partial charge in [0.1, 0.15) is 11.9 Å². The van der Waals surface area contributed by atoms with Gasteiger partial charge in [0, 0.05) is 6.54 Å². The van der Waals surface area contributed by atoms with Crippen molar-refractivity contribution in [1.29, 1.82) is 0 Å². The number of benzene rings is 2. The molecular weight excluding hydrogens is 210 g/mol. The predicted molar refractivity (Wildman–Crippen MR) is 71.0 cm³/mol. The zero-order chi connectivity index (χ0) is 12.1. The van der Waals surface area contributed by atoms with Crippen molar-refractivity contribution in [2.75, 3.05) is 6.54 Å². The van der Waals surface area contributed by atoms with E-state index in [0.717, 1.165) is 11.3 Å². The Kier molecular flexibility index (Phi) is 3.78. The third-order valence-electron chi connectivity index (χ3n) is 2.61. The fourth-order valence-corrected chi connectivity index (χ4v) is 1.66. The van der Waals surface area contributed by atoms with Crippen LogP contribution in [-0.2, 0) is 0 Å². The fourth-order valence-electron chi connectivity index (χ4n) is 1.66. The molecule has 0 amide bonds. The third-order valence-corrected chi connectivity index (χ3v) is 2.61. The predicted octanol–water partition coefficient (Wildman–Crippen LogP) is 3.08. The zero-order valence-corrected chi connectivity index (χ0v) is 9.97. The van der Waals surface area contributed by atoms with E-state index in [9.17, 15) is 0 Å². The summed E-state index contributed by atoms with van der Waals surface area (Å²) >= 11 is 0. The molecule has 2 nitrogen and oxygen atoms in total. The van der Waals surface area contributed by atoms with Crippen LogP contribution in [0.2, 0.25) is 0 Å². The molecule has 88 valence electrons. The summed E-state index contributed by atoms with van der Waals surface area (Å²) in [5.41, 5.74) is 7.90. The highest BCUT2D eigenvalue weighted by Gasteiger charge is 2.03. The first-order valence-electron chi connectivity index (χ1n) is 5.82. The molecule has 2 aromatic carbocycles. The molecule has 0 aliphatic rings. The average molecular weight is 227 g/mol. The molecule has 2 heteroatoms. The molecule has 1 unspecified atom stereocenters. The van der Waals surface area contributed by atoms with Gasteiger partial charge in [0.15, 0.2) is 0 Å². The number of rotatable bonds is 4. The minimum atomic E-state index is 0.0426. The van der Waals surface area contributed by atoms with Crippen LogP contribution < -0.4 is 10.5 Å². The molecule has 0 aromatic heterocycles. The van der Waals surface area contributed by atoms with E-state index >= 15 is 0 Å². The summed E-state index contributed by atoms with van der Waals surface area (Å²) in [5.74, 6) is 0.865. The topological polar surface area (TPSA) is 35.2 Å². The molecule has 0 saturated carbocycles. The first-order valence-corrected chi connectivity index (χ1v) is 5.82. The molecule has 0 radical (unpaired) electrons. The fraction of sp³-hybridized carbons (Fsp3) is 0.200. The van der Waals surface area contributed by atoms with Gasteiger partial charge in [-0.3, -0.25) is 0 Å². The molecule has 2 rings (SSSR count). The van der Waals surface area contributed by atoms with Gasteiger partial charge in [0.05, 0.1) is 0 Å². The zero-order valence-electron chi connectivity index (χ0n) is 9.97. The van der Waals surface area contributed by atoms with Gasteiger partial charge >= 0.3 is 0 Å². The molecule has 0 heterocycles. The third kappa shape index (κ3) is 3.08. The lowest BCUT2D eigenvalue weighted by Crippen LogP contribution is -2.22. The van der Waals surface area contributed by atoms with Crippen LogP contribution in [0.4, 0.5) is 0 Å². The van der Waals surface area contributed by atoms with Gasteiger partial charge in [-0.15, -0.1) is 0 Å². The summed E-state index contributed by atoms with van der Waals surface area (Å²) in [7, 11) is 0. The summed E-state index contributed by atoms with van der Waals surface area (Å²) in [6.45, 7) is 2.49. The lowest BCUT2D eigenvalue weighted by molar-refractivity contribution is 0.230. The van der Waals surface area contributed by atoms with Crippen molar-refractivity contribution in [1.82, 2.24) is 0 Å². The quantitative estimate of drug-likeness (QED) is 0.871. The van der Waals surface area contributed by atoms with E-state index < -0.39 is 0 Å². The Morgan fingerprint density at radius 1 is 1.00 bits per heavy atom. The highest BCUT2D eigenvalue weighted by Crippen LogP contribution is 2.23. The maximum Gasteiger partial charge on any atom is 0.120 e. The molecule has 0 aliphatic carbocycles. The number of nitrogens with two attached hydrogens (primary N) is 1. The summed E-state index contributed by atoms with van der Waals surface area (Å²) in [6, 6.07) is 18.3. The Labute approximate surface area is 102 Å². The molecule has 0 bridgehead atoms. The monoisotopic (exact) mass is 227 g/mol. The van der Waals surface area contributed by atoms with Gasteiger partial charge < -0.3 is 10.5 Å². The highest BCUT2D eigenvalue weighted by atomic mass is 16.5. The normalized spacial score (nSPS) is 12.1. The second-order valence-corrected chi connectivity index (χ2v) is 4.06. The van der Waals surface area contributed by atoms with E-state index in [2.05, 4.69) is 18.2 Å². The number of hydrogen-bond donors (Lipinski definition) is 1. The smallest absolute Gasteiger partial charge is 0.120 e. The van der Waals surface area contributed by atoms with Crippen molar-refractivity contribution < 1.29 is 4.74 Å². The minimum absolute atomic E-state index is 0.0426. The van der Waals surface area contributed by atoms with Gasteiger partial charge in [0.2, 0.25) is 0 Å². The average Bonchev–Trinajstić information content (AvgIpc) is 2.40. The van der Waals surface area contributed by atoms with E-state index in [1.165, 1.54) is 5.56 Å². The lowest BCUT2D eigenvalue weighted by atomic mass is 10.1. The molecule has 2 N–H and O–H groups in total. The Morgan fingerprint density at radius 2 is 1.71 bits per heavy atom. The summed E-state index contributed by atoms with van der Waals surface area (Å²) in [4.78, 5) is 0. The molecule has 0 fully saturated rings. The van der Waals surface area contributed by atoms with E-state index in [1.54, 1.807) is 0 Å². The van der Waals surface area contributed by atoms with Crippen molar-refractivity contribution in [2.45, 2.75) is 13.0 Å². The van der Waals surface area contributed by atoms with Crippen molar-refractivity contribution in [3.63, 3.8) is 0 Å². The van der Waals surface area contributed by atoms with Crippen molar-refractivity contribution in [3.05, 3.63) is 54.6 Å². The van der Waals surface area contributed by atoms with Crippen LogP contribution in [0.1, 0.15) is 6.92 Å².